The first kappa shape index (κ1) is 19.6. The molecule has 0 unspecified atom stereocenters. The van der Waals surface area contributed by atoms with Crippen molar-refractivity contribution in [2.24, 2.45) is 5.92 Å². The van der Waals surface area contributed by atoms with Gasteiger partial charge in [-0.1, -0.05) is 54.3 Å². The molecule has 0 aliphatic heterocycles. The molecule has 3 aromatic rings. The minimum atomic E-state index is 0.170. The second-order valence-corrected chi connectivity index (χ2v) is 8.06. The van der Waals surface area contributed by atoms with Crippen molar-refractivity contribution in [2.45, 2.75) is 32.6 Å². The number of rotatable bonds is 6. The zero-order valence-corrected chi connectivity index (χ0v) is 17.3. The lowest BCUT2D eigenvalue weighted by molar-refractivity contribution is -0.124. The summed E-state index contributed by atoms with van der Waals surface area (Å²) < 4.78 is 0. The molecular weight excluding hydrogens is 384 g/mol. The summed E-state index contributed by atoms with van der Waals surface area (Å²) in [6.07, 6.45) is 4.34. The number of carbonyl (C=O) groups excluding carboxylic acids is 1. The Hall–Kier alpha value is -2.66. The molecule has 4 rings (SSSR count). The number of halogens is 1. The van der Waals surface area contributed by atoms with E-state index in [4.69, 9.17) is 21.6 Å². The molecule has 1 aliphatic carbocycles. The Bertz CT molecular complexity index is 1010. The number of benzene rings is 2. The van der Waals surface area contributed by atoms with Gasteiger partial charge in [-0.25, -0.2) is 9.97 Å². The lowest BCUT2D eigenvalue weighted by Gasteiger charge is -2.13. The molecule has 0 atom stereocenters. The van der Waals surface area contributed by atoms with E-state index in [1.54, 1.807) is 0 Å². The summed E-state index contributed by atoms with van der Waals surface area (Å²) in [5.41, 5.74) is 2.93. The molecule has 2 N–H and O–H groups in total. The van der Waals surface area contributed by atoms with Crippen LogP contribution in [0.15, 0.2) is 42.5 Å². The van der Waals surface area contributed by atoms with Gasteiger partial charge >= 0.3 is 0 Å². The van der Waals surface area contributed by atoms with Crippen LogP contribution in [0.4, 0.5) is 5.82 Å². The Labute approximate surface area is 175 Å². The first-order valence-electron chi connectivity index (χ1n) is 10.2. The zero-order chi connectivity index (χ0) is 20.2. The van der Waals surface area contributed by atoms with Crippen LogP contribution in [0.2, 0.25) is 5.02 Å². The molecule has 1 saturated carbocycles. The summed E-state index contributed by atoms with van der Waals surface area (Å²) in [6.45, 7) is 3.21. The van der Waals surface area contributed by atoms with Crippen molar-refractivity contribution in [1.82, 2.24) is 15.3 Å². The lowest BCUT2D eigenvalue weighted by Crippen LogP contribution is -2.33. The molecule has 1 fully saturated rings. The third kappa shape index (κ3) is 4.67. The van der Waals surface area contributed by atoms with Crippen LogP contribution >= 0.6 is 11.6 Å². The average molecular weight is 409 g/mol. The number of hydrogen-bond acceptors (Lipinski definition) is 4. The number of anilines is 1. The topological polar surface area (TPSA) is 66.9 Å². The van der Waals surface area contributed by atoms with Crippen molar-refractivity contribution in [3.8, 4) is 11.4 Å². The Morgan fingerprint density at radius 1 is 1.07 bits per heavy atom. The van der Waals surface area contributed by atoms with Gasteiger partial charge in [0.15, 0.2) is 5.82 Å². The second kappa shape index (κ2) is 8.78. The molecule has 0 bridgehead atoms. The van der Waals surface area contributed by atoms with E-state index in [9.17, 15) is 4.79 Å². The number of amides is 1. The first-order chi connectivity index (χ1) is 14.1. The summed E-state index contributed by atoms with van der Waals surface area (Å²) in [5.74, 6) is 1.75. The fraction of sp³-hybridized carbons (Fsp3) is 0.348. The van der Waals surface area contributed by atoms with Crippen LogP contribution in [0, 0.1) is 12.8 Å². The van der Waals surface area contributed by atoms with Gasteiger partial charge in [0, 0.05) is 35.0 Å². The second-order valence-electron chi connectivity index (χ2n) is 7.62. The fourth-order valence-electron chi connectivity index (χ4n) is 3.77. The molecule has 5 nitrogen and oxygen atoms in total. The number of carbonyl (C=O) groups is 1. The van der Waals surface area contributed by atoms with Crippen LogP contribution in [0.3, 0.4) is 0 Å². The molecule has 150 valence electrons. The predicted molar refractivity (Wildman–Crippen MR) is 118 cm³/mol. The number of nitrogens with zero attached hydrogens (tertiary/aromatic N) is 2. The highest BCUT2D eigenvalue weighted by molar-refractivity contribution is 6.31. The number of nitrogens with one attached hydrogen (secondary N) is 2. The van der Waals surface area contributed by atoms with Gasteiger partial charge in [-0.2, -0.15) is 0 Å². The molecule has 1 amide bonds. The maximum atomic E-state index is 12.2. The van der Waals surface area contributed by atoms with Gasteiger partial charge in [0.25, 0.3) is 0 Å². The minimum absolute atomic E-state index is 0.170. The SMILES string of the molecule is Cc1ccc(-c2nc(NCCNC(=O)C3CCCC3)c3ccc(Cl)cc3n2)cc1. The van der Waals surface area contributed by atoms with E-state index in [1.807, 2.05) is 42.5 Å². The van der Waals surface area contributed by atoms with E-state index in [2.05, 4.69) is 17.6 Å². The molecule has 2 aromatic carbocycles. The zero-order valence-electron chi connectivity index (χ0n) is 16.5. The molecule has 0 spiro atoms. The van der Waals surface area contributed by atoms with Gasteiger partial charge in [-0.3, -0.25) is 4.79 Å². The summed E-state index contributed by atoms with van der Waals surface area (Å²) in [7, 11) is 0. The highest BCUT2D eigenvalue weighted by Crippen LogP contribution is 2.27. The van der Waals surface area contributed by atoms with E-state index in [0.717, 1.165) is 48.0 Å². The maximum Gasteiger partial charge on any atom is 0.223 e. The van der Waals surface area contributed by atoms with Gasteiger partial charge in [-0.05, 0) is 38.0 Å². The molecule has 6 heteroatoms. The fourth-order valence-corrected chi connectivity index (χ4v) is 3.93. The van der Waals surface area contributed by atoms with Crippen LogP contribution in [0.5, 0.6) is 0 Å². The van der Waals surface area contributed by atoms with Gasteiger partial charge in [0.05, 0.1) is 5.52 Å². The molecule has 1 aromatic heterocycles. The van der Waals surface area contributed by atoms with E-state index in [-0.39, 0.29) is 11.8 Å². The minimum Gasteiger partial charge on any atom is -0.368 e. The molecule has 0 saturated heterocycles. The molecule has 1 heterocycles. The van der Waals surface area contributed by atoms with Gasteiger partial charge in [0.2, 0.25) is 5.91 Å². The van der Waals surface area contributed by atoms with Gasteiger partial charge < -0.3 is 10.6 Å². The van der Waals surface area contributed by atoms with Crippen molar-refractivity contribution in [2.75, 3.05) is 18.4 Å². The summed E-state index contributed by atoms with van der Waals surface area (Å²) >= 11 is 6.19. The lowest BCUT2D eigenvalue weighted by atomic mass is 10.1. The van der Waals surface area contributed by atoms with E-state index in [0.29, 0.717) is 23.9 Å². The smallest absolute Gasteiger partial charge is 0.223 e. The maximum absolute atomic E-state index is 12.2. The van der Waals surface area contributed by atoms with Gasteiger partial charge in [-0.15, -0.1) is 0 Å². The average Bonchev–Trinajstić information content (AvgIpc) is 3.26. The van der Waals surface area contributed by atoms with Crippen LogP contribution in [0.1, 0.15) is 31.2 Å². The van der Waals surface area contributed by atoms with Crippen molar-refractivity contribution in [3.63, 3.8) is 0 Å². The first-order valence-corrected chi connectivity index (χ1v) is 10.5. The number of fused-ring (bicyclic) bond motifs is 1. The quantitative estimate of drug-likeness (QED) is 0.564. The number of aromatic nitrogens is 2. The Balaban J connectivity index is 1.52. The standard InChI is InChI=1S/C23H25ClN4O/c1-15-6-8-16(9-7-15)21-27-20-14-18(24)10-11-19(20)22(28-21)25-12-13-26-23(29)17-4-2-3-5-17/h6-11,14,17H,2-5,12-13H2,1H3,(H,26,29)(H,25,27,28). The Kier molecular flexibility index (Phi) is 5.95. The van der Waals surface area contributed by atoms with Gasteiger partial charge in [0.1, 0.15) is 5.82 Å². The van der Waals surface area contributed by atoms with E-state index in [1.165, 1.54) is 5.56 Å². The third-order valence-electron chi connectivity index (χ3n) is 5.41. The van der Waals surface area contributed by atoms with Crippen LogP contribution in [-0.2, 0) is 4.79 Å². The highest BCUT2D eigenvalue weighted by Gasteiger charge is 2.21. The third-order valence-corrected chi connectivity index (χ3v) is 5.65. The molecular formula is C23H25ClN4O. The number of hydrogen-bond donors (Lipinski definition) is 2. The Morgan fingerprint density at radius 3 is 2.59 bits per heavy atom. The van der Waals surface area contributed by atoms with Crippen LogP contribution < -0.4 is 10.6 Å². The van der Waals surface area contributed by atoms with E-state index >= 15 is 0 Å². The van der Waals surface area contributed by atoms with Crippen molar-refractivity contribution in [1.29, 1.82) is 0 Å². The van der Waals surface area contributed by atoms with Crippen LogP contribution in [-0.4, -0.2) is 29.0 Å². The summed E-state index contributed by atoms with van der Waals surface area (Å²) in [6, 6.07) is 13.8. The van der Waals surface area contributed by atoms with Crippen molar-refractivity contribution < 1.29 is 4.79 Å². The van der Waals surface area contributed by atoms with Crippen molar-refractivity contribution in [3.05, 3.63) is 53.1 Å². The Morgan fingerprint density at radius 2 is 1.83 bits per heavy atom. The number of aryl methyl sites for hydroxylation is 1. The largest absolute Gasteiger partial charge is 0.368 e. The van der Waals surface area contributed by atoms with Crippen molar-refractivity contribution >= 4 is 34.2 Å². The molecule has 29 heavy (non-hydrogen) atoms. The predicted octanol–water partition coefficient (Wildman–Crippen LogP) is 4.98. The summed E-state index contributed by atoms with van der Waals surface area (Å²) in [4.78, 5) is 21.6. The monoisotopic (exact) mass is 408 g/mol. The molecule has 1 aliphatic rings. The van der Waals surface area contributed by atoms with Crippen LogP contribution in [0.25, 0.3) is 22.3 Å². The normalized spacial score (nSPS) is 14.3. The van der Waals surface area contributed by atoms with E-state index < -0.39 is 0 Å². The highest BCUT2D eigenvalue weighted by atomic mass is 35.5. The molecule has 0 radical (unpaired) electrons. The summed E-state index contributed by atoms with van der Waals surface area (Å²) in [5, 5.41) is 7.95.